The molecule has 25 heavy (non-hydrogen) atoms. The first-order chi connectivity index (χ1) is 11.9. The second-order valence-electron chi connectivity index (χ2n) is 6.28. The smallest absolute Gasteiger partial charge is 0.183 e. The van der Waals surface area contributed by atoms with Crippen LogP contribution in [0.3, 0.4) is 0 Å². The van der Waals surface area contributed by atoms with Gasteiger partial charge in [-0.05, 0) is 36.8 Å². The van der Waals surface area contributed by atoms with Gasteiger partial charge in [0.15, 0.2) is 9.84 Å². The van der Waals surface area contributed by atoms with E-state index in [0.29, 0.717) is 11.5 Å². The first-order valence-electron chi connectivity index (χ1n) is 8.24. The summed E-state index contributed by atoms with van der Waals surface area (Å²) in [6.07, 6.45) is 0. The number of methoxy groups -OCH3 is 1. The van der Waals surface area contributed by atoms with Crippen LogP contribution in [-0.4, -0.2) is 39.5 Å². The van der Waals surface area contributed by atoms with Crippen LogP contribution in [0.4, 0.5) is 0 Å². The minimum Gasteiger partial charge on any atom is -0.497 e. The van der Waals surface area contributed by atoms with E-state index in [0.717, 1.165) is 11.3 Å². The van der Waals surface area contributed by atoms with Crippen molar-refractivity contribution in [2.24, 2.45) is 5.73 Å². The highest BCUT2D eigenvalue weighted by molar-refractivity contribution is 7.92. The fraction of sp³-hybridized carbons (Fsp3) is 0.368. The van der Waals surface area contributed by atoms with Gasteiger partial charge >= 0.3 is 0 Å². The van der Waals surface area contributed by atoms with Crippen LogP contribution in [0.1, 0.15) is 18.4 Å². The summed E-state index contributed by atoms with van der Waals surface area (Å²) in [4.78, 5) is 0.294. The predicted octanol–water partition coefficient (Wildman–Crippen LogP) is 2.37. The Labute approximate surface area is 148 Å². The van der Waals surface area contributed by atoms with Gasteiger partial charge in [0.1, 0.15) is 5.75 Å². The quantitative estimate of drug-likeness (QED) is 0.819. The SMILES string of the molecule is CCOC[C@@]1(N)[C@@H](c2ccc(OC)cc2)[C@@H]1S(=O)(=O)c1ccccc1. The number of hydrogen-bond acceptors (Lipinski definition) is 5. The Kier molecular flexibility index (Phi) is 4.86. The topological polar surface area (TPSA) is 78.6 Å². The normalized spacial score (nSPS) is 25.6. The van der Waals surface area contributed by atoms with Crippen molar-refractivity contribution in [3.8, 4) is 5.75 Å². The van der Waals surface area contributed by atoms with Gasteiger partial charge in [-0.1, -0.05) is 30.3 Å². The second-order valence-corrected chi connectivity index (χ2v) is 8.35. The van der Waals surface area contributed by atoms with E-state index >= 15 is 0 Å². The van der Waals surface area contributed by atoms with Crippen molar-refractivity contribution in [1.82, 2.24) is 0 Å². The van der Waals surface area contributed by atoms with E-state index in [2.05, 4.69) is 0 Å². The summed E-state index contributed by atoms with van der Waals surface area (Å²) >= 11 is 0. The van der Waals surface area contributed by atoms with Crippen LogP contribution in [-0.2, 0) is 14.6 Å². The molecule has 1 aliphatic carbocycles. The van der Waals surface area contributed by atoms with E-state index < -0.39 is 20.6 Å². The maximum Gasteiger partial charge on any atom is 0.183 e. The zero-order valence-electron chi connectivity index (χ0n) is 14.4. The van der Waals surface area contributed by atoms with E-state index in [-0.39, 0.29) is 12.5 Å². The van der Waals surface area contributed by atoms with Crippen molar-refractivity contribution in [1.29, 1.82) is 0 Å². The van der Waals surface area contributed by atoms with Gasteiger partial charge in [0.2, 0.25) is 0 Å². The number of nitrogens with two attached hydrogens (primary N) is 1. The first-order valence-corrected chi connectivity index (χ1v) is 9.79. The molecule has 2 aromatic rings. The van der Waals surface area contributed by atoms with Gasteiger partial charge < -0.3 is 15.2 Å². The summed E-state index contributed by atoms with van der Waals surface area (Å²) in [6, 6.07) is 15.8. The molecule has 0 unspecified atom stereocenters. The molecule has 2 aromatic carbocycles. The average molecular weight is 361 g/mol. The molecule has 1 fully saturated rings. The zero-order valence-corrected chi connectivity index (χ0v) is 15.2. The van der Waals surface area contributed by atoms with Crippen LogP contribution < -0.4 is 10.5 Å². The molecule has 0 radical (unpaired) electrons. The molecule has 1 aliphatic rings. The van der Waals surface area contributed by atoms with Crippen molar-refractivity contribution < 1.29 is 17.9 Å². The lowest BCUT2D eigenvalue weighted by molar-refractivity contribution is 0.125. The lowest BCUT2D eigenvalue weighted by atomic mass is 10.1. The fourth-order valence-corrected chi connectivity index (χ4v) is 5.71. The van der Waals surface area contributed by atoms with Crippen LogP contribution in [0.5, 0.6) is 5.75 Å². The summed E-state index contributed by atoms with van der Waals surface area (Å²) in [7, 11) is -1.96. The molecule has 3 atom stereocenters. The zero-order chi connectivity index (χ0) is 18.1. The summed E-state index contributed by atoms with van der Waals surface area (Å²) in [6.45, 7) is 2.57. The summed E-state index contributed by atoms with van der Waals surface area (Å²) in [5, 5.41) is -0.706. The van der Waals surface area contributed by atoms with Crippen LogP contribution >= 0.6 is 0 Å². The fourth-order valence-electron chi connectivity index (χ4n) is 3.39. The molecule has 0 saturated heterocycles. The van der Waals surface area contributed by atoms with Gasteiger partial charge in [-0.2, -0.15) is 0 Å². The van der Waals surface area contributed by atoms with Crippen molar-refractivity contribution >= 4 is 9.84 Å². The van der Waals surface area contributed by atoms with Gasteiger partial charge in [0, 0.05) is 12.5 Å². The molecule has 0 heterocycles. The van der Waals surface area contributed by atoms with Crippen molar-refractivity contribution in [2.45, 2.75) is 28.5 Å². The number of rotatable bonds is 7. The third-order valence-electron chi connectivity index (χ3n) is 4.74. The molecule has 1 saturated carbocycles. The molecule has 0 aromatic heterocycles. The third-order valence-corrected chi connectivity index (χ3v) is 7.05. The van der Waals surface area contributed by atoms with E-state index in [4.69, 9.17) is 15.2 Å². The minimum absolute atomic E-state index is 0.205. The third kappa shape index (κ3) is 3.17. The lowest BCUT2D eigenvalue weighted by Crippen LogP contribution is -2.36. The molecule has 0 spiro atoms. The molecule has 2 N–H and O–H groups in total. The molecule has 5 nitrogen and oxygen atoms in total. The van der Waals surface area contributed by atoms with Gasteiger partial charge in [-0.3, -0.25) is 0 Å². The van der Waals surface area contributed by atoms with E-state index in [1.807, 2.05) is 31.2 Å². The van der Waals surface area contributed by atoms with E-state index in [9.17, 15) is 8.42 Å². The predicted molar refractivity (Wildman–Crippen MR) is 96.6 cm³/mol. The van der Waals surface area contributed by atoms with Crippen LogP contribution in [0.15, 0.2) is 59.5 Å². The highest BCUT2D eigenvalue weighted by atomic mass is 32.2. The van der Waals surface area contributed by atoms with Crippen molar-refractivity contribution in [3.05, 3.63) is 60.2 Å². The highest BCUT2D eigenvalue weighted by Crippen LogP contribution is 2.55. The lowest BCUT2D eigenvalue weighted by Gasteiger charge is -2.12. The number of sulfone groups is 1. The minimum atomic E-state index is -3.55. The molecular formula is C19H23NO4S. The van der Waals surface area contributed by atoms with E-state index in [1.54, 1.807) is 37.4 Å². The molecule has 0 bridgehead atoms. The first kappa shape index (κ1) is 17.9. The van der Waals surface area contributed by atoms with Crippen LogP contribution in [0.25, 0.3) is 0 Å². The summed E-state index contributed by atoms with van der Waals surface area (Å²) in [5.74, 6) is 0.412. The highest BCUT2D eigenvalue weighted by Gasteiger charge is 2.69. The van der Waals surface area contributed by atoms with Gasteiger partial charge in [-0.15, -0.1) is 0 Å². The summed E-state index contributed by atoms with van der Waals surface area (Å²) in [5.41, 5.74) is 6.46. The number of ether oxygens (including phenoxy) is 2. The maximum absolute atomic E-state index is 13.1. The molecule has 134 valence electrons. The van der Waals surface area contributed by atoms with Crippen molar-refractivity contribution in [3.63, 3.8) is 0 Å². The van der Waals surface area contributed by atoms with Crippen LogP contribution in [0, 0.1) is 0 Å². The standard InChI is InChI=1S/C19H23NO4S/c1-3-24-13-19(20)17(14-9-11-15(23-2)12-10-14)18(19)25(21,22)16-7-5-4-6-8-16/h4-12,17-18H,3,13,20H2,1-2H3/t17-,18-,19+/m0/s1. The van der Waals surface area contributed by atoms with Gasteiger partial charge in [-0.25, -0.2) is 8.42 Å². The molecule has 6 heteroatoms. The largest absolute Gasteiger partial charge is 0.497 e. The maximum atomic E-state index is 13.1. The molecular weight excluding hydrogens is 338 g/mol. The summed E-state index contributed by atoms with van der Waals surface area (Å²) < 4.78 is 36.9. The Hall–Kier alpha value is -1.89. The number of hydrogen-bond donors (Lipinski definition) is 1. The van der Waals surface area contributed by atoms with Crippen LogP contribution in [0.2, 0.25) is 0 Å². The van der Waals surface area contributed by atoms with E-state index in [1.165, 1.54) is 0 Å². The monoisotopic (exact) mass is 361 g/mol. The van der Waals surface area contributed by atoms with Gasteiger partial charge in [0.05, 0.1) is 29.4 Å². The second kappa shape index (κ2) is 6.78. The number of benzene rings is 2. The molecule has 3 rings (SSSR count). The Morgan fingerprint density at radius 2 is 1.72 bits per heavy atom. The van der Waals surface area contributed by atoms with Gasteiger partial charge in [0.25, 0.3) is 0 Å². The Bertz CT molecular complexity index is 820. The molecule has 0 aliphatic heterocycles. The Balaban J connectivity index is 1.97. The molecule has 0 amide bonds. The Morgan fingerprint density at radius 1 is 1.08 bits per heavy atom. The Morgan fingerprint density at radius 3 is 2.28 bits per heavy atom. The average Bonchev–Trinajstić information content (AvgIpc) is 3.27. The van der Waals surface area contributed by atoms with Crippen molar-refractivity contribution in [2.75, 3.05) is 20.3 Å².